The van der Waals surface area contributed by atoms with Crippen LogP contribution in [0.5, 0.6) is 5.75 Å². The van der Waals surface area contributed by atoms with Gasteiger partial charge in [-0.25, -0.2) is 4.79 Å². The maximum Gasteiger partial charge on any atom is 0.408 e. The topological polar surface area (TPSA) is 134 Å². The van der Waals surface area contributed by atoms with Crippen molar-refractivity contribution in [2.24, 2.45) is 0 Å². The molecular weight excluding hydrogens is 514 g/mol. The summed E-state index contributed by atoms with van der Waals surface area (Å²) in [5.74, 6) is 0.729. The Morgan fingerprint density at radius 1 is 1.07 bits per heavy atom. The molecule has 2 aromatic rings. The van der Waals surface area contributed by atoms with Crippen LogP contribution in [0.4, 0.5) is 4.79 Å². The van der Waals surface area contributed by atoms with E-state index in [4.69, 9.17) is 11.2 Å². The van der Waals surface area contributed by atoms with Crippen LogP contribution in [0.2, 0.25) is 0 Å². The minimum absolute atomic E-state index is 0.0475. The Morgan fingerprint density at radius 2 is 1.73 bits per heavy atom. The molecule has 10 heteroatoms. The van der Waals surface area contributed by atoms with Gasteiger partial charge in [-0.1, -0.05) is 43.2 Å². The predicted molar refractivity (Wildman–Crippen MR) is 149 cm³/mol. The van der Waals surface area contributed by atoms with Gasteiger partial charge in [-0.2, -0.15) is 0 Å². The number of aromatic hydroxyl groups is 1. The third-order valence-corrected chi connectivity index (χ3v) is 5.72. The molecule has 0 aliphatic rings. The van der Waals surface area contributed by atoms with Crippen LogP contribution in [-0.4, -0.2) is 65.7 Å². The third kappa shape index (κ3) is 9.34. The molecule has 2 atom stereocenters. The van der Waals surface area contributed by atoms with Crippen LogP contribution in [0.1, 0.15) is 56.8 Å². The maximum absolute atomic E-state index is 14.2. The van der Waals surface area contributed by atoms with Crippen LogP contribution in [0.3, 0.4) is 0 Å². The number of carbonyl (C=O) groups excluding carboxylic acids is 4. The molecular formula is C30H37N3O7. The van der Waals surface area contributed by atoms with E-state index in [1.165, 1.54) is 24.1 Å². The Bertz CT molecular complexity index is 1230. The van der Waals surface area contributed by atoms with Crippen molar-refractivity contribution in [1.82, 2.24) is 15.5 Å². The number of nitrogens with one attached hydrogen (secondary N) is 2. The Kier molecular flexibility index (Phi) is 11.6. The second-order valence-electron chi connectivity index (χ2n) is 10.0. The van der Waals surface area contributed by atoms with Crippen molar-refractivity contribution in [2.75, 3.05) is 20.2 Å². The van der Waals surface area contributed by atoms with E-state index in [-0.39, 0.29) is 18.7 Å². The van der Waals surface area contributed by atoms with Gasteiger partial charge in [0.2, 0.25) is 11.8 Å². The minimum Gasteiger partial charge on any atom is -0.508 e. The summed E-state index contributed by atoms with van der Waals surface area (Å²) in [6, 6.07) is 10.5. The molecule has 2 aromatic carbocycles. The fraction of sp³-hybridized carbons (Fsp3) is 0.400. The zero-order valence-corrected chi connectivity index (χ0v) is 23.5. The number of nitrogens with zero attached hydrogens (tertiary/aromatic N) is 1. The number of alkyl carbamates (subject to hydrolysis) is 1. The van der Waals surface area contributed by atoms with Crippen LogP contribution in [0, 0.1) is 12.3 Å². The molecule has 0 aliphatic carbocycles. The average molecular weight is 552 g/mol. The summed E-state index contributed by atoms with van der Waals surface area (Å²) in [7, 11) is 1.20. The molecule has 3 amide bonds. The number of carbonyl (C=O) groups is 4. The predicted octanol–water partition coefficient (Wildman–Crippen LogP) is 3.08. The molecule has 10 nitrogen and oxygen atoms in total. The van der Waals surface area contributed by atoms with E-state index in [0.717, 1.165) is 0 Å². The maximum atomic E-state index is 14.2. The minimum atomic E-state index is -1.22. The number of esters is 1. The lowest BCUT2D eigenvalue weighted by molar-refractivity contribution is -0.144. The summed E-state index contributed by atoms with van der Waals surface area (Å²) in [4.78, 5) is 53.7. The SMILES string of the molecule is C#Cc1ccccc1C(C(=O)NCC(=O)OC)N(CCC)C(=O)C(Cc1ccc(O)cc1)NC(=O)OC(C)(C)C. The van der Waals surface area contributed by atoms with Gasteiger partial charge in [-0.15, -0.1) is 6.42 Å². The monoisotopic (exact) mass is 551 g/mol. The summed E-state index contributed by atoms with van der Waals surface area (Å²) in [5, 5.41) is 14.9. The molecule has 0 heterocycles. The number of phenols is 1. The molecule has 0 aliphatic heterocycles. The summed E-state index contributed by atoms with van der Waals surface area (Å²) < 4.78 is 10.0. The van der Waals surface area contributed by atoms with E-state index in [1.807, 2.05) is 6.92 Å². The molecule has 0 radical (unpaired) electrons. The van der Waals surface area contributed by atoms with Crippen molar-refractivity contribution < 1.29 is 33.8 Å². The molecule has 0 saturated carbocycles. The molecule has 2 unspecified atom stereocenters. The highest BCUT2D eigenvalue weighted by Crippen LogP contribution is 2.26. The number of rotatable bonds is 11. The molecule has 0 aromatic heterocycles. The van der Waals surface area contributed by atoms with Gasteiger partial charge in [0.25, 0.3) is 0 Å². The lowest BCUT2D eigenvalue weighted by atomic mass is 9.96. The summed E-state index contributed by atoms with van der Waals surface area (Å²) in [6.45, 7) is 6.66. The zero-order valence-electron chi connectivity index (χ0n) is 23.5. The Balaban J connectivity index is 2.57. The molecule has 214 valence electrons. The normalized spacial score (nSPS) is 12.3. The highest BCUT2D eigenvalue weighted by atomic mass is 16.6. The number of phenolic OH excluding ortho intramolecular Hbond substituents is 1. The number of hydrogen-bond donors (Lipinski definition) is 3. The third-order valence-electron chi connectivity index (χ3n) is 5.72. The fourth-order valence-electron chi connectivity index (χ4n) is 3.97. The van der Waals surface area contributed by atoms with Crippen LogP contribution in [0.25, 0.3) is 0 Å². The van der Waals surface area contributed by atoms with Gasteiger partial charge in [-0.05, 0) is 56.5 Å². The number of ether oxygens (including phenoxy) is 2. The van der Waals surface area contributed by atoms with E-state index >= 15 is 0 Å². The van der Waals surface area contributed by atoms with E-state index in [2.05, 4.69) is 21.3 Å². The zero-order chi connectivity index (χ0) is 29.9. The van der Waals surface area contributed by atoms with Gasteiger partial charge in [0, 0.05) is 18.5 Å². The van der Waals surface area contributed by atoms with Crippen molar-refractivity contribution in [3.8, 4) is 18.1 Å². The van der Waals surface area contributed by atoms with Crippen LogP contribution in [-0.2, 0) is 30.3 Å². The van der Waals surface area contributed by atoms with Crippen LogP contribution in [0.15, 0.2) is 48.5 Å². The van der Waals surface area contributed by atoms with Gasteiger partial charge < -0.3 is 30.1 Å². The van der Waals surface area contributed by atoms with Crippen LogP contribution >= 0.6 is 0 Å². The Hall–Kier alpha value is -4.52. The highest BCUT2D eigenvalue weighted by molar-refractivity contribution is 5.93. The van der Waals surface area contributed by atoms with Crippen LogP contribution < -0.4 is 10.6 Å². The first-order valence-electron chi connectivity index (χ1n) is 12.9. The molecule has 0 fully saturated rings. The number of benzene rings is 2. The lowest BCUT2D eigenvalue weighted by Crippen LogP contribution is -2.54. The Labute approximate surface area is 235 Å². The highest BCUT2D eigenvalue weighted by Gasteiger charge is 2.37. The standard InChI is InChI=1S/C30H37N3O7/c1-7-17-33(26(27(36)31-19-25(35)39-6)23-12-10-9-11-21(23)8-2)28(37)24(32-29(38)40-30(3,4)5)18-20-13-15-22(34)16-14-20/h2,9-16,24,26,34H,7,17-19H2,1,3-6H3,(H,31,36)(H,32,38). The lowest BCUT2D eigenvalue weighted by Gasteiger charge is -2.34. The number of amides is 3. The first kappa shape index (κ1) is 31.7. The molecule has 0 bridgehead atoms. The summed E-state index contributed by atoms with van der Waals surface area (Å²) in [6.07, 6.45) is 5.44. The first-order chi connectivity index (χ1) is 18.9. The molecule has 3 N–H and O–H groups in total. The van der Waals surface area contributed by atoms with Gasteiger partial charge in [0.15, 0.2) is 0 Å². The fourth-order valence-corrected chi connectivity index (χ4v) is 3.97. The van der Waals surface area contributed by atoms with E-state index < -0.39 is 48.1 Å². The summed E-state index contributed by atoms with van der Waals surface area (Å²) in [5.41, 5.74) is 0.612. The van der Waals surface area contributed by atoms with E-state index in [9.17, 15) is 24.3 Å². The Morgan fingerprint density at radius 3 is 2.30 bits per heavy atom. The van der Waals surface area contributed by atoms with Crippen molar-refractivity contribution >= 4 is 23.9 Å². The van der Waals surface area contributed by atoms with Crippen molar-refractivity contribution in [2.45, 2.75) is 58.2 Å². The number of terminal acetylenes is 1. The van der Waals surface area contributed by atoms with Gasteiger partial charge in [-0.3, -0.25) is 14.4 Å². The number of hydrogen-bond acceptors (Lipinski definition) is 7. The van der Waals surface area contributed by atoms with Crippen molar-refractivity contribution in [1.29, 1.82) is 0 Å². The number of methoxy groups -OCH3 is 1. The molecule has 2 rings (SSSR count). The van der Waals surface area contributed by atoms with E-state index in [1.54, 1.807) is 57.2 Å². The van der Waals surface area contributed by atoms with Crippen molar-refractivity contribution in [3.05, 3.63) is 65.2 Å². The molecule has 0 saturated heterocycles. The quantitative estimate of drug-likeness (QED) is 0.289. The molecule has 40 heavy (non-hydrogen) atoms. The van der Waals surface area contributed by atoms with Gasteiger partial charge in [0.1, 0.15) is 30.0 Å². The van der Waals surface area contributed by atoms with Gasteiger partial charge >= 0.3 is 12.1 Å². The average Bonchev–Trinajstić information content (AvgIpc) is 2.91. The van der Waals surface area contributed by atoms with E-state index in [0.29, 0.717) is 23.1 Å². The molecule has 0 spiro atoms. The smallest absolute Gasteiger partial charge is 0.408 e. The van der Waals surface area contributed by atoms with Gasteiger partial charge in [0.05, 0.1) is 7.11 Å². The summed E-state index contributed by atoms with van der Waals surface area (Å²) >= 11 is 0. The first-order valence-corrected chi connectivity index (χ1v) is 12.9. The second-order valence-corrected chi connectivity index (χ2v) is 10.0. The largest absolute Gasteiger partial charge is 0.508 e. The second kappa shape index (κ2) is 14.6. The van der Waals surface area contributed by atoms with Crippen molar-refractivity contribution in [3.63, 3.8) is 0 Å².